The second kappa shape index (κ2) is 14.9. The first-order valence-electron chi connectivity index (χ1n) is 14.2. The maximum absolute atomic E-state index is 14.3. The van der Waals surface area contributed by atoms with Crippen LogP contribution in [0.15, 0.2) is 120 Å². The highest BCUT2D eigenvalue weighted by Gasteiger charge is 2.34. The number of hydrogen-bond donors (Lipinski definition) is 1. The zero-order chi connectivity index (χ0) is 31.5. The fourth-order valence-corrected chi connectivity index (χ4v) is 6.12. The molecule has 0 radical (unpaired) electrons. The third-order valence-electron chi connectivity index (χ3n) is 6.97. The SMILES string of the molecule is CCCNC(=O)C(Cc1ccccc1)N(Cc1ccccc1)C(=O)CN(c1ccc([N+](=O)[O-])cc1)S(=O)(=O)c1ccccc1. The second-order valence-corrected chi connectivity index (χ2v) is 12.0. The van der Waals surface area contributed by atoms with Gasteiger partial charge in [0.25, 0.3) is 15.7 Å². The second-order valence-electron chi connectivity index (χ2n) is 10.1. The van der Waals surface area contributed by atoms with E-state index in [1.807, 2.05) is 67.6 Å². The standard InChI is InChI=1S/C33H34N4O6S/c1-2-22-34-33(39)31(23-26-12-6-3-7-13-26)35(24-27-14-8-4-9-15-27)32(38)25-36(28-18-20-29(21-19-28)37(40)41)44(42,43)30-16-10-5-11-17-30/h3-21,31H,2,22-25H2,1H3,(H,34,39). The number of nitrogens with one attached hydrogen (secondary N) is 1. The van der Waals surface area contributed by atoms with E-state index in [9.17, 15) is 28.1 Å². The lowest BCUT2D eigenvalue weighted by Crippen LogP contribution is -2.53. The Kier molecular flexibility index (Phi) is 10.8. The molecule has 0 aromatic heterocycles. The maximum atomic E-state index is 14.3. The summed E-state index contributed by atoms with van der Waals surface area (Å²) >= 11 is 0. The molecule has 228 valence electrons. The van der Waals surface area contributed by atoms with Gasteiger partial charge < -0.3 is 10.2 Å². The molecule has 44 heavy (non-hydrogen) atoms. The molecule has 1 N–H and O–H groups in total. The van der Waals surface area contributed by atoms with E-state index in [2.05, 4.69) is 5.32 Å². The summed E-state index contributed by atoms with van der Waals surface area (Å²) in [7, 11) is -4.29. The first-order valence-corrected chi connectivity index (χ1v) is 15.6. The van der Waals surface area contributed by atoms with Gasteiger partial charge in [-0.05, 0) is 41.8 Å². The van der Waals surface area contributed by atoms with Gasteiger partial charge in [0, 0.05) is 31.6 Å². The van der Waals surface area contributed by atoms with Crippen molar-refractivity contribution in [2.75, 3.05) is 17.4 Å². The van der Waals surface area contributed by atoms with Crippen LogP contribution in [0.25, 0.3) is 0 Å². The van der Waals surface area contributed by atoms with E-state index in [0.29, 0.717) is 13.0 Å². The summed E-state index contributed by atoms with van der Waals surface area (Å²) in [5.41, 5.74) is 1.44. The van der Waals surface area contributed by atoms with Crippen LogP contribution in [0.1, 0.15) is 24.5 Å². The van der Waals surface area contributed by atoms with Gasteiger partial charge in [-0.25, -0.2) is 8.42 Å². The van der Waals surface area contributed by atoms with E-state index in [-0.39, 0.29) is 35.1 Å². The number of nitro groups is 1. The molecule has 11 heteroatoms. The largest absolute Gasteiger partial charge is 0.354 e. The lowest BCUT2D eigenvalue weighted by Gasteiger charge is -2.34. The number of hydrogen-bond acceptors (Lipinski definition) is 6. The molecule has 0 aliphatic heterocycles. The van der Waals surface area contributed by atoms with Crippen LogP contribution in [0.5, 0.6) is 0 Å². The number of rotatable bonds is 14. The van der Waals surface area contributed by atoms with Crippen molar-refractivity contribution in [1.82, 2.24) is 10.2 Å². The lowest BCUT2D eigenvalue weighted by atomic mass is 10.0. The van der Waals surface area contributed by atoms with Crippen molar-refractivity contribution in [2.24, 2.45) is 0 Å². The normalized spacial score (nSPS) is 11.8. The summed E-state index contributed by atoms with van der Waals surface area (Å²) in [5.74, 6) is -0.966. The molecule has 1 atom stereocenters. The molecule has 0 heterocycles. The molecule has 2 amide bonds. The maximum Gasteiger partial charge on any atom is 0.269 e. The third kappa shape index (κ3) is 8.07. The van der Waals surface area contributed by atoms with Gasteiger partial charge in [0.2, 0.25) is 11.8 Å². The Morgan fingerprint density at radius 1 is 0.818 bits per heavy atom. The van der Waals surface area contributed by atoms with E-state index in [4.69, 9.17) is 0 Å². The van der Waals surface area contributed by atoms with E-state index in [0.717, 1.165) is 15.4 Å². The third-order valence-corrected chi connectivity index (χ3v) is 8.76. The molecule has 0 aliphatic carbocycles. The molecule has 0 aliphatic rings. The fraction of sp³-hybridized carbons (Fsp3) is 0.212. The van der Waals surface area contributed by atoms with Crippen LogP contribution in [0.3, 0.4) is 0 Å². The van der Waals surface area contributed by atoms with E-state index < -0.39 is 33.4 Å². The molecule has 0 spiro atoms. The molecular weight excluding hydrogens is 580 g/mol. The predicted octanol–water partition coefficient (Wildman–Crippen LogP) is 4.96. The highest BCUT2D eigenvalue weighted by atomic mass is 32.2. The fourth-order valence-electron chi connectivity index (χ4n) is 4.69. The van der Waals surface area contributed by atoms with E-state index in [1.165, 1.54) is 41.3 Å². The number of carbonyl (C=O) groups excluding carboxylic acids is 2. The summed E-state index contributed by atoms with van der Waals surface area (Å²) in [6.07, 6.45) is 0.900. The molecule has 0 fully saturated rings. The highest BCUT2D eigenvalue weighted by molar-refractivity contribution is 7.92. The number of carbonyl (C=O) groups is 2. The van der Waals surface area contributed by atoms with Crippen LogP contribution in [-0.2, 0) is 32.6 Å². The zero-order valence-corrected chi connectivity index (χ0v) is 25.1. The first kappa shape index (κ1) is 31.9. The summed E-state index contributed by atoms with van der Waals surface area (Å²) in [6.45, 7) is 1.75. The van der Waals surface area contributed by atoms with Gasteiger partial charge in [-0.1, -0.05) is 85.8 Å². The average Bonchev–Trinajstić information content (AvgIpc) is 3.05. The van der Waals surface area contributed by atoms with Gasteiger partial charge in [0.05, 0.1) is 15.5 Å². The van der Waals surface area contributed by atoms with Crippen LogP contribution in [0, 0.1) is 10.1 Å². The van der Waals surface area contributed by atoms with Gasteiger partial charge in [0.1, 0.15) is 12.6 Å². The Morgan fingerprint density at radius 3 is 1.91 bits per heavy atom. The van der Waals surface area contributed by atoms with Crippen molar-refractivity contribution in [3.63, 3.8) is 0 Å². The highest BCUT2D eigenvalue weighted by Crippen LogP contribution is 2.27. The molecule has 1 unspecified atom stereocenters. The molecule has 4 aromatic carbocycles. The molecule has 10 nitrogen and oxygen atoms in total. The monoisotopic (exact) mass is 614 g/mol. The Balaban J connectivity index is 1.78. The number of amides is 2. The van der Waals surface area contributed by atoms with Crippen molar-refractivity contribution < 1.29 is 22.9 Å². The van der Waals surface area contributed by atoms with Crippen LogP contribution in [0.4, 0.5) is 11.4 Å². The Morgan fingerprint density at radius 2 is 1.36 bits per heavy atom. The number of nitrogens with zero attached hydrogens (tertiary/aromatic N) is 3. The zero-order valence-electron chi connectivity index (χ0n) is 24.3. The summed E-state index contributed by atoms with van der Waals surface area (Å²) in [5, 5.41) is 14.2. The number of anilines is 1. The number of benzene rings is 4. The summed E-state index contributed by atoms with van der Waals surface area (Å²) in [4.78, 5) is 40.0. The van der Waals surface area contributed by atoms with Gasteiger partial charge in [-0.15, -0.1) is 0 Å². The van der Waals surface area contributed by atoms with Crippen LogP contribution in [-0.4, -0.2) is 49.2 Å². The molecule has 0 saturated heterocycles. The van der Waals surface area contributed by atoms with Crippen molar-refractivity contribution in [3.05, 3.63) is 137 Å². The number of sulfonamides is 1. The van der Waals surface area contributed by atoms with Crippen LogP contribution >= 0.6 is 0 Å². The summed E-state index contributed by atoms with van der Waals surface area (Å²) in [6, 6.07) is 30.1. The minimum atomic E-state index is -4.29. The smallest absolute Gasteiger partial charge is 0.269 e. The van der Waals surface area contributed by atoms with Crippen molar-refractivity contribution in [1.29, 1.82) is 0 Å². The molecular formula is C33H34N4O6S. The predicted molar refractivity (Wildman–Crippen MR) is 168 cm³/mol. The minimum Gasteiger partial charge on any atom is -0.354 e. The topological polar surface area (TPSA) is 130 Å². The molecule has 0 bridgehead atoms. The number of nitro benzene ring substituents is 1. The minimum absolute atomic E-state index is 0.0518. The first-order chi connectivity index (χ1) is 21.2. The lowest BCUT2D eigenvalue weighted by molar-refractivity contribution is -0.384. The van der Waals surface area contributed by atoms with Gasteiger partial charge in [-0.3, -0.25) is 24.0 Å². The van der Waals surface area contributed by atoms with E-state index >= 15 is 0 Å². The Bertz CT molecular complexity index is 1650. The molecule has 4 rings (SSSR count). The van der Waals surface area contributed by atoms with Gasteiger partial charge in [0.15, 0.2) is 0 Å². The average molecular weight is 615 g/mol. The van der Waals surface area contributed by atoms with E-state index in [1.54, 1.807) is 18.2 Å². The molecule has 4 aromatic rings. The van der Waals surface area contributed by atoms with Crippen molar-refractivity contribution >= 4 is 33.2 Å². The van der Waals surface area contributed by atoms with Gasteiger partial charge >= 0.3 is 0 Å². The quantitative estimate of drug-likeness (QED) is 0.158. The molecule has 0 saturated carbocycles. The Labute approximate surface area is 257 Å². The van der Waals surface area contributed by atoms with Crippen LogP contribution < -0.4 is 9.62 Å². The van der Waals surface area contributed by atoms with Crippen LogP contribution in [0.2, 0.25) is 0 Å². The van der Waals surface area contributed by atoms with Gasteiger partial charge in [-0.2, -0.15) is 0 Å². The summed E-state index contributed by atoms with van der Waals surface area (Å²) < 4.78 is 28.8. The number of non-ortho nitro benzene ring substituents is 1. The van der Waals surface area contributed by atoms with Crippen molar-refractivity contribution in [3.8, 4) is 0 Å². The Hall–Kier alpha value is -5.03. The van der Waals surface area contributed by atoms with Crippen molar-refractivity contribution in [2.45, 2.75) is 37.2 Å².